The van der Waals surface area contributed by atoms with Gasteiger partial charge in [0.15, 0.2) is 0 Å². The number of benzene rings is 2. The monoisotopic (exact) mass is 524 g/mol. The number of imidazole rings is 1. The Morgan fingerprint density at radius 3 is 2.49 bits per heavy atom. The Hall–Kier alpha value is -2.94. The number of anilines is 1. The van der Waals surface area contributed by atoms with E-state index in [1.807, 2.05) is 18.7 Å². The number of rotatable bonds is 4. The summed E-state index contributed by atoms with van der Waals surface area (Å²) in [5.41, 5.74) is 5.33. The van der Waals surface area contributed by atoms with Gasteiger partial charge in [-0.2, -0.15) is 0 Å². The minimum absolute atomic E-state index is 0.0224. The molecule has 2 atom stereocenters. The molecule has 0 amide bonds. The Morgan fingerprint density at radius 2 is 1.78 bits per heavy atom. The lowest BCUT2D eigenvalue weighted by Crippen LogP contribution is -2.33. The molecule has 2 N–H and O–H groups in total. The summed E-state index contributed by atoms with van der Waals surface area (Å²) in [6.07, 6.45) is 3.45. The quantitative estimate of drug-likeness (QED) is 0.329. The molecular formula is C28H30ClFN4O3. The zero-order chi connectivity index (χ0) is 25.8. The van der Waals surface area contributed by atoms with Crippen LogP contribution in [0.3, 0.4) is 0 Å². The molecule has 1 aliphatic heterocycles. The van der Waals surface area contributed by atoms with Crippen LogP contribution in [0.5, 0.6) is 0 Å². The lowest BCUT2D eigenvalue weighted by molar-refractivity contribution is 0.110. The first-order valence-electron chi connectivity index (χ1n) is 12.9. The first kappa shape index (κ1) is 24.4. The fourth-order valence-corrected chi connectivity index (χ4v) is 6.32. The molecular weight excluding hydrogens is 495 g/mol. The third kappa shape index (κ3) is 4.21. The molecule has 0 bridgehead atoms. The van der Waals surface area contributed by atoms with Crippen LogP contribution >= 0.6 is 11.6 Å². The third-order valence-corrected chi connectivity index (χ3v) is 8.21. The molecule has 2 fully saturated rings. The zero-order valence-corrected chi connectivity index (χ0v) is 21.6. The van der Waals surface area contributed by atoms with Crippen LogP contribution in [0.15, 0.2) is 40.9 Å². The van der Waals surface area contributed by atoms with Crippen LogP contribution < -0.4 is 4.90 Å². The van der Waals surface area contributed by atoms with Crippen molar-refractivity contribution < 1.29 is 19.1 Å². The van der Waals surface area contributed by atoms with Crippen molar-refractivity contribution in [3.05, 3.63) is 64.5 Å². The van der Waals surface area contributed by atoms with Gasteiger partial charge in [-0.05, 0) is 88.3 Å². The van der Waals surface area contributed by atoms with Crippen molar-refractivity contribution in [2.24, 2.45) is 0 Å². The predicted octanol–water partition coefficient (Wildman–Crippen LogP) is 6.24. The molecule has 6 rings (SSSR count). The smallest absolute Gasteiger partial charge is 0.141 e. The number of aliphatic hydroxyl groups excluding tert-OH is 2. The van der Waals surface area contributed by atoms with Crippen molar-refractivity contribution in [2.45, 2.75) is 76.8 Å². The summed E-state index contributed by atoms with van der Waals surface area (Å²) in [7, 11) is 0. The van der Waals surface area contributed by atoms with Crippen LogP contribution in [0.1, 0.15) is 67.9 Å². The standard InChI is InChI=1S/C28H30ClFN4O3/c1-15-27(16(2)37-32-15)17-3-10-24-23(13-17)31-28(34(24)18-4-7-20(35)8-5-18)25-11-12-26(36)33(25)19-6-9-22(30)21(29)14-19/h3,6,9-10,13-14,18,20,25-26,35-36H,4-5,7-8,11-12H2,1-2H3/t18-,20-,25-,26?/m0/s1. The van der Waals surface area contributed by atoms with Crippen molar-refractivity contribution in [3.8, 4) is 11.1 Å². The number of aryl methyl sites for hydroxylation is 2. The zero-order valence-electron chi connectivity index (χ0n) is 20.9. The summed E-state index contributed by atoms with van der Waals surface area (Å²) in [6.45, 7) is 3.83. The Morgan fingerprint density at radius 1 is 1.00 bits per heavy atom. The first-order valence-corrected chi connectivity index (χ1v) is 13.2. The van der Waals surface area contributed by atoms with Gasteiger partial charge in [-0.1, -0.05) is 22.8 Å². The number of aromatic nitrogens is 3. The number of aliphatic hydroxyl groups is 2. The maximum absolute atomic E-state index is 13.9. The van der Waals surface area contributed by atoms with E-state index in [4.69, 9.17) is 21.1 Å². The van der Waals surface area contributed by atoms with Gasteiger partial charge in [0, 0.05) is 17.3 Å². The summed E-state index contributed by atoms with van der Waals surface area (Å²) in [5, 5.41) is 25.3. The molecule has 2 aliphatic rings. The second-order valence-electron chi connectivity index (χ2n) is 10.3. The minimum Gasteiger partial charge on any atom is -0.393 e. The SMILES string of the molecule is Cc1noc(C)c1-c1ccc2c(c1)nc([C@@H]1CCC(O)N1c1ccc(F)c(Cl)c1)n2[C@H]1CC[C@H](O)CC1. The van der Waals surface area contributed by atoms with E-state index in [1.54, 1.807) is 12.1 Å². The molecule has 2 aromatic heterocycles. The van der Waals surface area contributed by atoms with Gasteiger partial charge in [-0.3, -0.25) is 0 Å². The summed E-state index contributed by atoms with van der Waals surface area (Å²) >= 11 is 6.12. The normalized spacial score (nSPS) is 24.3. The van der Waals surface area contributed by atoms with Gasteiger partial charge in [0.2, 0.25) is 0 Å². The van der Waals surface area contributed by atoms with Crippen LogP contribution in [0, 0.1) is 19.7 Å². The Bertz CT molecular complexity index is 1440. The average molecular weight is 525 g/mol. The minimum atomic E-state index is -0.731. The highest BCUT2D eigenvalue weighted by atomic mass is 35.5. The van der Waals surface area contributed by atoms with Crippen LogP contribution in [0.25, 0.3) is 22.2 Å². The number of fused-ring (bicyclic) bond motifs is 1. The number of halogens is 2. The summed E-state index contributed by atoms with van der Waals surface area (Å²) in [4.78, 5) is 7.06. The van der Waals surface area contributed by atoms with E-state index in [9.17, 15) is 14.6 Å². The van der Waals surface area contributed by atoms with E-state index in [2.05, 4.69) is 27.9 Å². The topological polar surface area (TPSA) is 87.6 Å². The molecule has 9 heteroatoms. The molecule has 1 saturated heterocycles. The fourth-order valence-electron chi connectivity index (χ4n) is 6.15. The fraction of sp³-hybridized carbons (Fsp3) is 0.429. The molecule has 3 heterocycles. The molecule has 7 nitrogen and oxygen atoms in total. The first-order chi connectivity index (χ1) is 17.8. The van der Waals surface area contributed by atoms with Gasteiger partial charge in [-0.15, -0.1) is 0 Å². The summed E-state index contributed by atoms with van der Waals surface area (Å²) in [6, 6.07) is 10.8. The van der Waals surface area contributed by atoms with E-state index >= 15 is 0 Å². The van der Waals surface area contributed by atoms with Gasteiger partial charge in [-0.25, -0.2) is 9.37 Å². The maximum atomic E-state index is 13.9. The Labute approximate surface area is 219 Å². The van der Waals surface area contributed by atoms with Crippen molar-refractivity contribution in [1.29, 1.82) is 0 Å². The van der Waals surface area contributed by atoms with Crippen LogP contribution in [-0.2, 0) is 0 Å². The Balaban J connectivity index is 1.50. The molecule has 0 radical (unpaired) electrons. The lowest BCUT2D eigenvalue weighted by Gasteiger charge is -2.33. The predicted molar refractivity (Wildman–Crippen MR) is 140 cm³/mol. The number of nitrogens with zero attached hydrogens (tertiary/aromatic N) is 4. The van der Waals surface area contributed by atoms with E-state index in [0.29, 0.717) is 18.5 Å². The van der Waals surface area contributed by atoms with Crippen LogP contribution in [0.2, 0.25) is 5.02 Å². The number of hydrogen-bond acceptors (Lipinski definition) is 6. The molecule has 194 valence electrons. The highest BCUT2D eigenvalue weighted by Crippen LogP contribution is 2.44. The lowest BCUT2D eigenvalue weighted by atomic mass is 9.92. The van der Waals surface area contributed by atoms with E-state index in [-0.39, 0.29) is 23.2 Å². The molecule has 0 spiro atoms. The Kier molecular flexibility index (Phi) is 6.21. The second-order valence-corrected chi connectivity index (χ2v) is 10.7. The van der Waals surface area contributed by atoms with Gasteiger partial charge < -0.3 is 24.2 Å². The van der Waals surface area contributed by atoms with Crippen molar-refractivity contribution in [1.82, 2.24) is 14.7 Å². The highest BCUT2D eigenvalue weighted by molar-refractivity contribution is 6.31. The molecule has 1 aliphatic carbocycles. The van der Waals surface area contributed by atoms with Crippen molar-refractivity contribution >= 4 is 28.3 Å². The van der Waals surface area contributed by atoms with Gasteiger partial charge >= 0.3 is 0 Å². The van der Waals surface area contributed by atoms with Crippen molar-refractivity contribution in [2.75, 3.05) is 4.90 Å². The third-order valence-electron chi connectivity index (χ3n) is 7.92. The summed E-state index contributed by atoms with van der Waals surface area (Å²) in [5.74, 6) is 1.14. The maximum Gasteiger partial charge on any atom is 0.141 e. The van der Waals surface area contributed by atoms with Gasteiger partial charge in [0.1, 0.15) is 23.6 Å². The number of hydrogen-bond donors (Lipinski definition) is 2. The van der Waals surface area contributed by atoms with E-state index < -0.39 is 12.0 Å². The van der Waals surface area contributed by atoms with Crippen LogP contribution in [-0.4, -0.2) is 37.3 Å². The van der Waals surface area contributed by atoms with Crippen molar-refractivity contribution in [3.63, 3.8) is 0 Å². The molecule has 1 unspecified atom stereocenters. The molecule has 2 aromatic carbocycles. The molecule has 1 saturated carbocycles. The summed E-state index contributed by atoms with van der Waals surface area (Å²) < 4.78 is 21.6. The van der Waals surface area contributed by atoms with Gasteiger partial charge in [0.25, 0.3) is 0 Å². The van der Waals surface area contributed by atoms with Gasteiger partial charge in [0.05, 0.1) is 33.9 Å². The largest absolute Gasteiger partial charge is 0.393 e. The van der Waals surface area contributed by atoms with E-state index in [1.165, 1.54) is 6.07 Å². The van der Waals surface area contributed by atoms with E-state index in [0.717, 1.165) is 65.1 Å². The second kappa shape index (κ2) is 9.42. The highest BCUT2D eigenvalue weighted by Gasteiger charge is 2.38. The molecule has 37 heavy (non-hydrogen) atoms. The van der Waals surface area contributed by atoms with Crippen LogP contribution in [0.4, 0.5) is 10.1 Å². The average Bonchev–Trinajstić information content (AvgIpc) is 3.55. The molecule has 4 aromatic rings.